The van der Waals surface area contributed by atoms with E-state index in [-0.39, 0.29) is 5.79 Å². The van der Waals surface area contributed by atoms with Crippen LogP contribution in [0.3, 0.4) is 0 Å². The Morgan fingerprint density at radius 2 is 1.31 bits per heavy atom. The van der Waals surface area contributed by atoms with Crippen molar-refractivity contribution in [3.63, 3.8) is 0 Å². The number of ether oxygens (including phenoxy) is 3. The summed E-state index contributed by atoms with van der Waals surface area (Å²) in [7, 11) is -1.45. The Labute approximate surface area is 182 Å². The first kappa shape index (κ1) is 27.1. The van der Waals surface area contributed by atoms with Gasteiger partial charge in [-0.3, -0.25) is 0 Å². The van der Waals surface area contributed by atoms with Gasteiger partial charge in [0.25, 0.3) is 0 Å². The highest BCUT2D eigenvalue weighted by atomic mass is 28.4. The van der Waals surface area contributed by atoms with Crippen LogP contribution in [0.1, 0.15) is 98.8 Å². The summed E-state index contributed by atoms with van der Waals surface area (Å²) >= 11 is 0. The predicted molar refractivity (Wildman–Crippen MR) is 125 cm³/mol. The van der Waals surface area contributed by atoms with E-state index < -0.39 is 8.32 Å². The normalized spacial score (nSPS) is 17.7. The number of hydrogen-bond donors (Lipinski definition) is 0. The lowest BCUT2D eigenvalue weighted by Crippen LogP contribution is -2.37. The van der Waals surface area contributed by atoms with Crippen molar-refractivity contribution in [2.45, 2.75) is 129 Å². The van der Waals surface area contributed by atoms with E-state index in [0.717, 1.165) is 32.8 Å². The second-order valence-corrected chi connectivity index (χ2v) is 13.7. The van der Waals surface area contributed by atoms with Crippen molar-refractivity contribution < 1.29 is 18.6 Å². The highest BCUT2D eigenvalue weighted by Crippen LogP contribution is 2.25. The second-order valence-electron chi connectivity index (χ2n) is 8.97. The van der Waals surface area contributed by atoms with Crippen LogP contribution in [0.5, 0.6) is 0 Å². The van der Waals surface area contributed by atoms with E-state index in [9.17, 15) is 0 Å². The third-order valence-electron chi connectivity index (χ3n) is 6.72. The topological polar surface area (TPSA) is 36.9 Å². The fourth-order valence-corrected chi connectivity index (χ4v) is 6.92. The Morgan fingerprint density at radius 1 is 0.793 bits per heavy atom. The first-order valence-electron chi connectivity index (χ1n) is 12.5. The SMILES string of the molecule is CC[Si](CC)(CC)OCCOC(C)CCCCCCCCCCC1(C)OCCO1. The molecule has 1 aliphatic heterocycles. The molecule has 1 unspecified atom stereocenters. The standard InChI is InChI=1S/C24H50O4Si/c1-6-29(7-2,8-3)28-22-19-25-23(4)17-15-13-11-9-10-12-14-16-18-24(5)26-20-21-27-24/h23H,6-22H2,1-5H3. The van der Waals surface area contributed by atoms with Gasteiger partial charge in [-0.15, -0.1) is 0 Å². The molecule has 29 heavy (non-hydrogen) atoms. The van der Waals surface area contributed by atoms with E-state index in [4.69, 9.17) is 18.6 Å². The lowest BCUT2D eigenvalue weighted by Gasteiger charge is -2.28. The minimum Gasteiger partial charge on any atom is -0.414 e. The van der Waals surface area contributed by atoms with Crippen LogP contribution in [0.15, 0.2) is 0 Å². The fourth-order valence-electron chi connectivity index (χ4n) is 4.29. The third-order valence-corrected chi connectivity index (χ3v) is 11.4. The van der Waals surface area contributed by atoms with Gasteiger partial charge in [0.05, 0.1) is 32.5 Å². The van der Waals surface area contributed by atoms with Crippen LogP contribution < -0.4 is 0 Å². The number of unbranched alkanes of at least 4 members (excludes halogenated alkanes) is 7. The summed E-state index contributed by atoms with van der Waals surface area (Å²) in [5.74, 6) is -0.294. The Balaban J connectivity index is 1.87. The smallest absolute Gasteiger partial charge is 0.192 e. The molecule has 4 nitrogen and oxygen atoms in total. The van der Waals surface area contributed by atoms with Gasteiger partial charge in [0.1, 0.15) is 0 Å². The average molecular weight is 431 g/mol. The Hall–Kier alpha value is 0.0569. The molecule has 1 heterocycles. The first-order chi connectivity index (χ1) is 14.0. The molecule has 0 saturated carbocycles. The van der Waals surface area contributed by atoms with Crippen molar-refractivity contribution in [2.24, 2.45) is 0 Å². The first-order valence-corrected chi connectivity index (χ1v) is 15.1. The van der Waals surface area contributed by atoms with Gasteiger partial charge >= 0.3 is 0 Å². The van der Waals surface area contributed by atoms with Crippen LogP contribution in [0, 0.1) is 0 Å². The van der Waals surface area contributed by atoms with Gasteiger partial charge in [0.15, 0.2) is 14.1 Å². The van der Waals surface area contributed by atoms with Crippen molar-refractivity contribution in [2.75, 3.05) is 26.4 Å². The molecular weight excluding hydrogens is 380 g/mol. The van der Waals surface area contributed by atoms with E-state index >= 15 is 0 Å². The van der Waals surface area contributed by atoms with Crippen molar-refractivity contribution in [1.29, 1.82) is 0 Å². The summed E-state index contributed by atoms with van der Waals surface area (Å²) in [4.78, 5) is 0. The maximum atomic E-state index is 6.26. The largest absolute Gasteiger partial charge is 0.414 e. The molecule has 1 atom stereocenters. The highest BCUT2D eigenvalue weighted by molar-refractivity contribution is 6.73. The molecule has 1 fully saturated rings. The molecule has 0 amide bonds. The maximum absolute atomic E-state index is 6.26. The van der Waals surface area contributed by atoms with Gasteiger partial charge in [0, 0.05) is 6.42 Å². The van der Waals surface area contributed by atoms with Gasteiger partial charge in [-0.05, 0) is 44.8 Å². The minimum atomic E-state index is -1.45. The molecule has 174 valence electrons. The highest BCUT2D eigenvalue weighted by Gasteiger charge is 2.30. The summed E-state index contributed by atoms with van der Waals surface area (Å²) in [6, 6.07) is 3.66. The van der Waals surface area contributed by atoms with Gasteiger partial charge in [-0.1, -0.05) is 65.7 Å². The Kier molecular flexibility index (Phi) is 14.8. The molecule has 0 spiro atoms. The zero-order chi connectivity index (χ0) is 21.4. The van der Waals surface area contributed by atoms with Crippen molar-refractivity contribution >= 4 is 8.32 Å². The Bertz CT molecular complexity index is 373. The minimum absolute atomic E-state index is 0.294. The molecule has 1 saturated heterocycles. The molecule has 0 aromatic heterocycles. The third kappa shape index (κ3) is 11.9. The zero-order valence-electron chi connectivity index (χ0n) is 20.2. The number of rotatable bonds is 19. The second kappa shape index (κ2) is 15.8. The van der Waals surface area contributed by atoms with E-state index in [2.05, 4.69) is 34.6 Å². The van der Waals surface area contributed by atoms with Crippen LogP contribution in [-0.2, 0) is 18.6 Å². The molecule has 0 radical (unpaired) electrons. The zero-order valence-corrected chi connectivity index (χ0v) is 21.2. The van der Waals surface area contributed by atoms with Crippen molar-refractivity contribution in [3.05, 3.63) is 0 Å². The number of hydrogen-bond acceptors (Lipinski definition) is 4. The summed E-state index contributed by atoms with van der Waals surface area (Å²) in [5.41, 5.74) is 0. The molecular formula is C24H50O4Si. The summed E-state index contributed by atoms with van der Waals surface area (Å²) in [5, 5.41) is 0. The van der Waals surface area contributed by atoms with Gasteiger partial charge in [-0.25, -0.2) is 0 Å². The predicted octanol–water partition coefficient (Wildman–Crippen LogP) is 7.08. The monoisotopic (exact) mass is 430 g/mol. The lowest BCUT2D eigenvalue weighted by atomic mass is 10.0. The molecule has 0 aromatic carbocycles. The van der Waals surface area contributed by atoms with E-state index in [1.54, 1.807) is 0 Å². The van der Waals surface area contributed by atoms with E-state index in [1.165, 1.54) is 75.9 Å². The van der Waals surface area contributed by atoms with Gasteiger partial charge < -0.3 is 18.6 Å². The van der Waals surface area contributed by atoms with Crippen molar-refractivity contribution in [3.8, 4) is 0 Å². The van der Waals surface area contributed by atoms with Crippen molar-refractivity contribution in [1.82, 2.24) is 0 Å². The molecule has 5 heteroatoms. The van der Waals surface area contributed by atoms with Crippen LogP contribution >= 0.6 is 0 Å². The summed E-state index contributed by atoms with van der Waals surface area (Å²) < 4.78 is 23.5. The maximum Gasteiger partial charge on any atom is 0.192 e. The Morgan fingerprint density at radius 3 is 1.86 bits per heavy atom. The molecule has 1 aliphatic rings. The average Bonchev–Trinajstić information content (AvgIpc) is 3.16. The van der Waals surface area contributed by atoms with Gasteiger partial charge in [0.2, 0.25) is 0 Å². The fraction of sp³-hybridized carbons (Fsp3) is 1.00. The van der Waals surface area contributed by atoms with Crippen LogP contribution in [0.4, 0.5) is 0 Å². The lowest BCUT2D eigenvalue weighted by molar-refractivity contribution is -0.147. The quantitative estimate of drug-likeness (QED) is 0.162. The van der Waals surface area contributed by atoms with Gasteiger partial charge in [-0.2, -0.15) is 0 Å². The van der Waals surface area contributed by atoms with Crippen LogP contribution in [-0.4, -0.2) is 46.6 Å². The molecule has 0 aromatic rings. The molecule has 0 bridgehead atoms. The van der Waals surface area contributed by atoms with E-state index in [1.807, 2.05) is 0 Å². The summed E-state index contributed by atoms with van der Waals surface area (Å²) in [6.07, 6.45) is 13.1. The summed E-state index contributed by atoms with van der Waals surface area (Å²) in [6.45, 7) is 14.2. The van der Waals surface area contributed by atoms with Crippen LogP contribution in [0.25, 0.3) is 0 Å². The molecule has 0 aliphatic carbocycles. The molecule has 1 rings (SSSR count). The van der Waals surface area contributed by atoms with Crippen LogP contribution in [0.2, 0.25) is 18.1 Å². The van der Waals surface area contributed by atoms with E-state index in [0.29, 0.717) is 6.10 Å². The molecule has 0 N–H and O–H groups in total.